The molecule has 140 valence electrons. The highest BCUT2D eigenvalue weighted by Gasteiger charge is 2.31. The van der Waals surface area contributed by atoms with Crippen LogP contribution in [0.2, 0.25) is 0 Å². The van der Waals surface area contributed by atoms with E-state index in [-0.39, 0.29) is 29.9 Å². The van der Waals surface area contributed by atoms with Crippen molar-refractivity contribution in [3.63, 3.8) is 0 Å². The molecule has 5 nitrogen and oxygen atoms in total. The van der Waals surface area contributed by atoms with E-state index >= 15 is 0 Å². The fraction of sp³-hybridized carbons (Fsp3) is 0.450. The van der Waals surface area contributed by atoms with Crippen molar-refractivity contribution in [3.8, 4) is 0 Å². The highest BCUT2D eigenvalue weighted by molar-refractivity contribution is 8.04. The number of carbonyl (C=O) groups excluding carboxylic acids is 3. The zero-order chi connectivity index (χ0) is 19.5. The molecule has 0 unspecified atom stereocenters. The molecule has 0 bridgehead atoms. The molecule has 1 saturated heterocycles. The number of ketones is 1. The van der Waals surface area contributed by atoms with Gasteiger partial charge in [0.15, 0.2) is 5.78 Å². The van der Waals surface area contributed by atoms with Crippen LogP contribution in [0.1, 0.15) is 31.9 Å². The van der Waals surface area contributed by atoms with Crippen LogP contribution in [0, 0.1) is 12.3 Å². The minimum Gasteiger partial charge on any atom is -0.340 e. The number of likely N-dealkylation sites (N-methyl/N-ethyl adjacent to an activating group) is 1. The van der Waals surface area contributed by atoms with Gasteiger partial charge in [-0.15, -0.1) is 0 Å². The van der Waals surface area contributed by atoms with Crippen LogP contribution in [0.15, 0.2) is 35.4 Å². The number of nitrogens with zero attached hydrogens (tertiary/aromatic N) is 2. The van der Waals surface area contributed by atoms with Crippen molar-refractivity contribution in [1.29, 1.82) is 0 Å². The topological polar surface area (TPSA) is 57.7 Å². The normalized spacial score (nSPS) is 16.3. The number of hydrogen-bond donors (Lipinski definition) is 0. The summed E-state index contributed by atoms with van der Waals surface area (Å²) in [5, 5.41) is 0.563. The number of rotatable bonds is 5. The Morgan fingerprint density at radius 1 is 1.27 bits per heavy atom. The number of allylic oxidation sites excluding steroid dienone is 1. The first-order chi connectivity index (χ1) is 12.1. The van der Waals surface area contributed by atoms with Crippen molar-refractivity contribution in [2.75, 3.05) is 19.3 Å². The summed E-state index contributed by atoms with van der Waals surface area (Å²) in [6.45, 7) is 7.95. The zero-order valence-corrected chi connectivity index (χ0v) is 16.9. The van der Waals surface area contributed by atoms with Crippen molar-refractivity contribution in [1.82, 2.24) is 9.80 Å². The maximum absolute atomic E-state index is 12.6. The molecule has 1 aliphatic rings. The largest absolute Gasteiger partial charge is 0.340 e. The Bertz CT molecular complexity index is 750. The van der Waals surface area contributed by atoms with Crippen molar-refractivity contribution >= 4 is 29.4 Å². The third-order valence-corrected chi connectivity index (χ3v) is 5.32. The predicted molar refractivity (Wildman–Crippen MR) is 104 cm³/mol. The molecule has 0 spiro atoms. The molecule has 0 aliphatic carbocycles. The van der Waals surface area contributed by atoms with Gasteiger partial charge in [0, 0.05) is 25.1 Å². The van der Waals surface area contributed by atoms with Gasteiger partial charge in [-0.25, -0.2) is 0 Å². The van der Waals surface area contributed by atoms with Crippen LogP contribution in [-0.4, -0.2) is 46.7 Å². The van der Waals surface area contributed by atoms with Gasteiger partial charge in [0.1, 0.15) is 6.54 Å². The van der Waals surface area contributed by atoms with Crippen molar-refractivity contribution in [2.24, 2.45) is 5.41 Å². The average Bonchev–Trinajstić information content (AvgIpc) is 2.89. The summed E-state index contributed by atoms with van der Waals surface area (Å²) in [6, 6.07) is 7.90. The molecule has 1 aromatic carbocycles. The van der Waals surface area contributed by atoms with E-state index in [2.05, 4.69) is 0 Å². The molecule has 0 N–H and O–H groups in total. The summed E-state index contributed by atoms with van der Waals surface area (Å²) in [5.41, 5.74) is 1.68. The molecule has 0 radical (unpaired) electrons. The lowest BCUT2D eigenvalue weighted by Gasteiger charge is -2.23. The molecule has 1 fully saturated rings. The number of aryl methyl sites for hydroxylation is 1. The Morgan fingerprint density at radius 2 is 1.92 bits per heavy atom. The van der Waals surface area contributed by atoms with Crippen LogP contribution in [0.3, 0.4) is 0 Å². The average molecular weight is 375 g/mol. The van der Waals surface area contributed by atoms with Gasteiger partial charge >= 0.3 is 0 Å². The number of thioether (sulfide) groups is 1. The summed E-state index contributed by atoms with van der Waals surface area (Å²) in [6.07, 6.45) is 1.49. The lowest BCUT2D eigenvalue weighted by Crippen LogP contribution is -2.38. The van der Waals surface area contributed by atoms with E-state index in [9.17, 15) is 14.4 Å². The van der Waals surface area contributed by atoms with Crippen LogP contribution in [-0.2, 0) is 20.9 Å². The first-order valence-electron chi connectivity index (χ1n) is 8.57. The van der Waals surface area contributed by atoms with Gasteiger partial charge in [0.2, 0.25) is 11.8 Å². The Balaban J connectivity index is 2.08. The van der Waals surface area contributed by atoms with Crippen molar-refractivity contribution in [2.45, 2.75) is 34.2 Å². The molecule has 26 heavy (non-hydrogen) atoms. The number of amides is 2. The highest BCUT2D eigenvalue weighted by atomic mass is 32.2. The molecule has 6 heteroatoms. The summed E-state index contributed by atoms with van der Waals surface area (Å²) in [7, 11) is 1.73. The van der Waals surface area contributed by atoms with Crippen LogP contribution in [0.25, 0.3) is 0 Å². The summed E-state index contributed by atoms with van der Waals surface area (Å²) >= 11 is 1.31. The Morgan fingerprint density at radius 3 is 2.54 bits per heavy atom. The smallest absolute Gasteiger partial charge is 0.242 e. The van der Waals surface area contributed by atoms with Crippen LogP contribution >= 0.6 is 11.8 Å². The molecular weight excluding hydrogens is 348 g/mol. The lowest BCUT2D eigenvalue weighted by atomic mass is 9.91. The second-order valence-electron chi connectivity index (χ2n) is 7.54. The third kappa shape index (κ3) is 4.97. The standard InChI is InChI=1S/C20H26N2O3S/c1-14-8-6-7-9-15(14)11-21(5)17(24)12-22-18(25)13-26-19(22)10-16(23)20(2,3)4/h6-10H,11-13H2,1-5H3. The second kappa shape index (κ2) is 8.08. The monoisotopic (exact) mass is 374 g/mol. The minimum absolute atomic E-state index is 0.0442. The predicted octanol–water partition coefficient (Wildman–Crippen LogP) is 2.99. The first kappa shape index (κ1) is 20.2. The van der Waals surface area contributed by atoms with E-state index in [1.54, 1.807) is 11.9 Å². The molecule has 2 amide bonds. The molecule has 2 rings (SSSR count). The minimum atomic E-state index is -0.517. The van der Waals surface area contributed by atoms with Crippen LogP contribution in [0.5, 0.6) is 0 Å². The highest BCUT2D eigenvalue weighted by Crippen LogP contribution is 2.30. The second-order valence-corrected chi connectivity index (χ2v) is 8.54. The van der Waals surface area contributed by atoms with Gasteiger partial charge in [0.25, 0.3) is 0 Å². The third-order valence-electron chi connectivity index (χ3n) is 4.29. The van der Waals surface area contributed by atoms with Crippen LogP contribution in [0.4, 0.5) is 0 Å². The molecule has 0 atom stereocenters. The van der Waals surface area contributed by atoms with Gasteiger partial charge in [-0.3, -0.25) is 19.3 Å². The maximum Gasteiger partial charge on any atom is 0.242 e. The van der Waals surface area contributed by atoms with E-state index in [1.807, 2.05) is 52.0 Å². The summed E-state index contributed by atoms with van der Waals surface area (Å²) in [4.78, 5) is 40.1. The molecule has 1 aromatic rings. The molecule has 0 aromatic heterocycles. The molecular formula is C20H26N2O3S. The summed E-state index contributed by atoms with van der Waals surface area (Å²) in [5.74, 6) is -0.0860. The van der Waals surface area contributed by atoms with E-state index in [0.717, 1.165) is 11.1 Å². The Kier molecular flexibility index (Phi) is 6.29. The van der Waals surface area contributed by atoms with Gasteiger partial charge in [-0.2, -0.15) is 0 Å². The van der Waals surface area contributed by atoms with Crippen molar-refractivity contribution in [3.05, 3.63) is 46.5 Å². The fourth-order valence-corrected chi connectivity index (χ4v) is 3.36. The lowest BCUT2D eigenvalue weighted by molar-refractivity contribution is -0.136. The first-order valence-corrected chi connectivity index (χ1v) is 9.56. The molecule has 1 heterocycles. The SMILES string of the molecule is Cc1ccccc1CN(C)C(=O)CN1C(=O)CSC1=CC(=O)C(C)(C)C. The van der Waals surface area contributed by atoms with Gasteiger partial charge in [-0.05, 0) is 18.1 Å². The van der Waals surface area contributed by atoms with Gasteiger partial charge < -0.3 is 4.90 Å². The molecule has 0 saturated carbocycles. The number of hydrogen-bond acceptors (Lipinski definition) is 4. The quantitative estimate of drug-likeness (QED) is 0.744. The van der Waals surface area contributed by atoms with E-state index in [1.165, 1.54) is 22.7 Å². The van der Waals surface area contributed by atoms with E-state index in [0.29, 0.717) is 11.6 Å². The Labute approximate surface area is 159 Å². The van der Waals surface area contributed by atoms with Crippen LogP contribution < -0.4 is 0 Å². The molecule has 1 aliphatic heterocycles. The van der Waals surface area contributed by atoms with E-state index < -0.39 is 5.41 Å². The maximum atomic E-state index is 12.6. The zero-order valence-electron chi connectivity index (χ0n) is 16.0. The number of carbonyl (C=O) groups is 3. The fourth-order valence-electron chi connectivity index (χ4n) is 2.42. The van der Waals surface area contributed by atoms with Gasteiger partial charge in [-0.1, -0.05) is 56.8 Å². The van der Waals surface area contributed by atoms with Gasteiger partial charge in [0.05, 0.1) is 10.8 Å². The van der Waals surface area contributed by atoms with Crippen molar-refractivity contribution < 1.29 is 14.4 Å². The summed E-state index contributed by atoms with van der Waals surface area (Å²) < 4.78 is 0. The van der Waals surface area contributed by atoms with E-state index in [4.69, 9.17) is 0 Å². The Hall–Kier alpha value is -2.08. The number of benzene rings is 1.